The summed E-state index contributed by atoms with van der Waals surface area (Å²) in [7, 11) is -8.89. The second-order valence-electron chi connectivity index (χ2n) is 6.74. The van der Waals surface area contributed by atoms with E-state index in [1.807, 2.05) is 0 Å². The first kappa shape index (κ1) is 21.6. The Morgan fingerprint density at radius 2 is 1.21 bits per heavy atom. The molecule has 7 nitrogen and oxygen atoms in total. The van der Waals surface area contributed by atoms with Gasteiger partial charge in [0.25, 0.3) is 0 Å². The van der Waals surface area contributed by atoms with Crippen molar-refractivity contribution in [2.45, 2.75) is 36.2 Å². The number of carbonyl (C=O) groups is 1. The van der Waals surface area contributed by atoms with Crippen LogP contribution in [0.5, 0.6) is 0 Å². The summed E-state index contributed by atoms with van der Waals surface area (Å²) in [5.41, 5.74) is -0.839. The van der Waals surface area contributed by atoms with Gasteiger partial charge in [-0.2, -0.15) is 0 Å². The van der Waals surface area contributed by atoms with Gasteiger partial charge in [-0.25, -0.2) is 21.6 Å². The fraction of sp³-hybridized carbons (Fsp3) is 0.211. The Bertz CT molecular complexity index is 997. The van der Waals surface area contributed by atoms with E-state index >= 15 is 0 Å². The van der Waals surface area contributed by atoms with Gasteiger partial charge >= 0.3 is 6.09 Å². The van der Waals surface area contributed by atoms with E-state index in [-0.39, 0.29) is 9.79 Å². The highest BCUT2D eigenvalue weighted by Crippen LogP contribution is 2.28. The molecular weight excluding hydrogens is 402 g/mol. The van der Waals surface area contributed by atoms with Gasteiger partial charge in [-0.05, 0) is 45.0 Å². The van der Waals surface area contributed by atoms with Gasteiger partial charge in [0.1, 0.15) is 5.60 Å². The largest absolute Gasteiger partial charge is 0.444 e. The quantitative estimate of drug-likeness (QED) is 0.791. The summed E-state index contributed by atoms with van der Waals surface area (Å²) in [4.78, 5) is 11.5. The van der Waals surface area contributed by atoms with Crippen LogP contribution in [0.3, 0.4) is 0 Å². The SMILES string of the molecule is CC(C)(C)OC(=O)NC=C(S(=O)(=O)c1ccccc1)S(=O)(=O)c1ccccc1. The monoisotopic (exact) mass is 423 g/mol. The van der Waals surface area contributed by atoms with E-state index in [1.165, 1.54) is 48.5 Å². The van der Waals surface area contributed by atoms with Gasteiger partial charge in [-0.15, -0.1) is 0 Å². The second-order valence-corrected chi connectivity index (χ2v) is 10.8. The fourth-order valence-electron chi connectivity index (χ4n) is 2.16. The van der Waals surface area contributed by atoms with Gasteiger partial charge in [-0.1, -0.05) is 36.4 Å². The van der Waals surface area contributed by atoms with Gasteiger partial charge in [0, 0.05) is 6.20 Å². The molecule has 0 heterocycles. The van der Waals surface area contributed by atoms with Crippen molar-refractivity contribution in [1.82, 2.24) is 5.32 Å². The molecule has 0 aliphatic rings. The van der Waals surface area contributed by atoms with Crippen LogP contribution in [0.25, 0.3) is 0 Å². The number of sulfone groups is 2. The molecule has 0 saturated carbocycles. The van der Waals surface area contributed by atoms with E-state index in [1.54, 1.807) is 32.9 Å². The number of carbonyl (C=O) groups excluding carboxylic acids is 1. The summed E-state index contributed by atoms with van der Waals surface area (Å²) in [6.07, 6.45) is -0.324. The van der Waals surface area contributed by atoms with Gasteiger partial charge in [0.2, 0.25) is 19.7 Å². The van der Waals surface area contributed by atoms with Gasteiger partial charge in [-0.3, -0.25) is 5.32 Å². The van der Waals surface area contributed by atoms with Crippen LogP contribution >= 0.6 is 0 Å². The van der Waals surface area contributed by atoms with Crippen molar-refractivity contribution in [3.8, 4) is 0 Å². The van der Waals surface area contributed by atoms with Gasteiger partial charge in [0.05, 0.1) is 9.79 Å². The molecule has 0 saturated heterocycles. The van der Waals surface area contributed by atoms with Crippen molar-refractivity contribution < 1.29 is 26.4 Å². The molecule has 28 heavy (non-hydrogen) atoms. The Labute approximate surface area is 164 Å². The Balaban J connectivity index is 2.57. The average Bonchev–Trinajstić information content (AvgIpc) is 2.61. The van der Waals surface area contributed by atoms with E-state index in [0.717, 1.165) is 0 Å². The number of rotatable bonds is 5. The third-order valence-electron chi connectivity index (χ3n) is 3.34. The summed E-state index contributed by atoms with van der Waals surface area (Å²) in [6, 6.07) is 14.2. The predicted octanol–water partition coefficient (Wildman–Crippen LogP) is 3.26. The number of ether oxygens (including phenoxy) is 1. The number of hydrogen-bond donors (Lipinski definition) is 1. The highest BCUT2D eigenvalue weighted by atomic mass is 32.3. The molecule has 0 aliphatic carbocycles. The van der Waals surface area contributed by atoms with Crippen LogP contribution in [0, 0.1) is 0 Å². The first-order valence-electron chi connectivity index (χ1n) is 8.24. The van der Waals surface area contributed by atoms with Crippen molar-refractivity contribution in [3.63, 3.8) is 0 Å². The molecule has 9 heteroatoms. The molecule has 0 radical (unpaired) electrons. The number of benzene rings is 2. The Hall–Kier alpha value is -2.65. The molecule has 1 N–H and O–H groups in total. The normalized spacial score (nSPS) is 12.1. The van der Waals surface area contributed by atoms with Crippen molar-refractivity contribution in [2.75, 3.05) is 0 Å². The van der Waals surface area contributed by atoms with Crippen LogP contribution in [0.2, 0.25) is 0 Å². The highest BCUT2D eigenvalue weighted by molar-refractivity contribution is 8.14. The van der Waals surface area contributed by atoms with Crippen LogP contribution < -0.4 is 5.32 Å². The van der Waals surface area contributed by atoms with Crippen LogP contribution in [-0.4, -0.2) is 28.5 Å². The minimum atomic E-state index is -4.44. The number of amides is 1. The average molecular weight is 424 g/mol. The Morgan fingerprint density at radius 3 is 1.57 bits per heavy atom. The van der Waals surface area contributed by atoms with Crippen molar-refractivity contribution in [1.29, 1.82) is 0 Å². The molecule has 1 amide bonds. The standard InChI is InChI=1S/C19H21NO6S2/c1-19(2,3)26-18(21)20-14-17(27(22,23)15-10-6-4-7-11-15)28(24,25)16-12-8-5-9-13-16/h4-14H,1-3H3,(H,20,21). The van der Waals surface area contributed by atoms with E-state index < -0.39 is 35.6 Å². The number of alkyl carbamates (subject to hydrolysis) is 1. The maximum atomic E-state index is 13.0. The lowest BCUT2D eigenvalue weighted by atomic mass is 10.2. The zero-order chi connectivity index (χ0) is 21.0. The van der Waals surface area contributed by atoms with Crippen LogP contribution in [0.15, 0.2) is 80.9 Å². The van der Waals surface area contributed by atoms with Crippen molar-refractivity contribution in [3.05, 3.63) is 71.1 Å². The van der Waals surface area contributed by atoms with Gasteiger partial charge in [0.15, 0.2) is 4.24 Å². The summed E-state index contributed by atoms with van der Waals surface area (Å²) >= 11 is 0. The topological polar surface area (TPSA) is 107 Å². The minimum Gasteiger partial charge on any atom is -0.444 e. The zero-order valence-corrected chi connectivity index (χ0v) is 17.2. The lowest BCUT2D eigenvalue weighted by Gasteiger charge is -2.19. The lowest BCUT2D eigenvalue weighted by molar-refractivity contribution is 0.0552. The second kappa shape index (κ2) is 8.15. The molecule has 0 aromatic heterocycles. The fourth-order valence-corrected chi connectivity index (χ4v) is 5.81. The highest BCUT2D eigenvalue weighted by Gasteiger charge is 2.34. The van der Waals surface area contributed by atoms with Crippen LogP contribution in [0.1, 0.15) is 20.8 Å². The number of nitrogens with one attached hydrogen (secondary N) is 1. The summed E-state index contributed by atoms with van der Waals surface area (Å²) in [5.74, 6) is 0. The molecule has 2 rings (SSSR count). The van der Waals surface area contributed by atoms with E-state index in [2.05, 4.69) is 5.32 Å². The first-order chi connectivity index (χ1) is 12.9. The molecular formula is C19H21NO6S2. The summed E-state index contributed by atoms with van der Waals surface area (Å²) < 4.78 is 56.1. The van der Waals surface area contributed by atoms with Crippen LogP contribution in [-0.2, 0) is 24.4 Å². The third kappa shape index (κ3) is 5.20. The minimum absolute atomic E-state index is 0.216. The van der Waals surface area contributed by atoms with Crippen molar-refractivity contribution >= 4 is 25.8 Å². The third-order valence-corrected chi connectivity index (χ3v) is 7.74. The Kier molecular flexibility index (Phi) is 6.30. The molecule has 2 aromatic rings. The summed E-state index contributed by atoms with van der Waals surface area (Å²) in [6.45, 7) is 4.87. The zero-order valence-electron chi connectivity index (χ0n) is 15.6. The molecule has 0 atom stereocenters. The molecule has 0 bridgehead atoms. The molecule has 0 aliphatic heterocycles. The van der Waals surface area contributed by atoms with E-state index in [9.17, 15) is 21.6 Å². The smallest absolute Gasteiger partial charge is 0.411 e. The molecule has 0 unspecified atom stereocenters. The molecule has 0 fully saturated rings. The lowest BCUT2D eigenvalue weighted by Crippen LogP contribution is -2.30. The molecule has 150 valence electrons. The predicted molar refractivity (Wildman–Crippen MR) is 105 cm³/mol. The van der Waals surface area contributed by atoms with E-state index in [4.69, 9.17) is 4.74 Å². The molecule has 2 aromatic carbocycles. The summed E-state index contributed by atoms with van der Waals surface area (Å²) in [5, 5.41) is 2.11. The maximum absolute atomic E-state index is 13.0. The van der Waals surface area contributed by atoms with Gasteiger partial charge < -0.3 is 4.74 Å². The first-order valence-corrected chi connectivity index (χ1v) is 11.2. The van der Waals surface area contributed by atoms with E-state index in [0.29, 0.717) is 6.20 Å². The number of hydrogen-bond acceptors (Lipinski definition) is 6. The van der Waals surface area contributed by atoms with Crippen molar-refractivity contribution in [2.24, 2.45) is 0 Å². The van der Waals surface area contributed by atoms with Crippen LogP contribution in [0.4, 0.5) is 4.79 Å². The molecule has 0 spiro atoms. The maximum Gasteiger partial charge on any atom is 0.411 e. The Morgan fingerprint density at radius 1 is 0.821 bits per heavy atom.